The number of carbonyl (C=O) groups is 2. The number of aromatic amines is 1. The summed E-state index contributed by atoms with van der Waals surface area (Å²) in [5.74, 6) is -1.62. The lowest BCUT2D eigenvalue weighted by Gasteiger charge is -2.21. The van der Waals surface area contributed by atoms with Crippen LogP contribution in [0.1, 0.15) is 43.2 Å². The number of hydrogen-bond donors (Lipinski definition) is 3. The number of aromatic nitrogens is 2. The van der Waals surface area contributed by atoms with Gasteiger partial charge in [0.15, 0.2) is 0 Å². The Balaban J connectivity index is 2.01. The molecule has 0 aliphatic carbocycles. The summed E-state index contributed by atoms with van der Waals surface area (Å²) in [6.07, 6.45) is 0.178. The van der Waals surface area contributed by atoms with Crippen molar-refractivity contribution in [3.8, 4) is 11.3 Å². The first-order chi connectivity index (χ1) is 12.2. The summed E-state index contributed by atoms with van der Waals surface area (Å²) in [5.41, 5.74) is 2.48. The summed E-state index contributed by atoms with van der Waals surface area (Å²) < 4.78 is 5.53. The quantitative estimate of drug-likeness (QED) is 0.705. The van der Waals surface area contributed by atoms with Gasteiger partial charge in [-0.2, -0.15) is 5.10 Å². The van der Waals surface area contributed by atoms with Gasteiger partial charge >= 0.3 is 5.97 Å². The molecule has 2 aromatic rings. The van der Waals surface area contributed by atoms with Crippen LogP contribution in [0.4, 0.5) is 0 Å². The molecule has 0 radical (unpaired) electrons. The van der Waals surface area contributed by atoms with Gasteiger partial charge in [-0.25, -0.2) is 4.79 Å². The summed E-state index contributed by atoms with van der Waals surface area (Å²) in [5, 5.41) is 18.6. The highest BCUT2D eigenvalue weighted by Gasteiger charge is 2.23. The van der Waals surface area contributed by atoms with Crippen molar-refractivity contribution in [2.45, 2.75) is 45.8 Å². The van der Waals surface area contributed by atoms with Gasteiger partial charge in [-0.15, -0.1) is 0 Å². The van der Waals surface area contributed by atoms with Crippen LogP contribution in [0.25, 0.3) is 11.3 Å². The molecule has 7 nitrogen and oxygen atoms in total. The van der Waals surface area contributed by atoms with Crippen molar-refractivity contribution in [3.63, 3.8) is 0 Å². The predicted octanol–water partition coefficient (Wildman–Crippen LogP) is 2.77. The van der Waals surface area contributed by atoms with E-state index in [1.54, 1.807) is 6.07 Å². The molecular formula is C19H25N3O4. The maximum atomic E-state index is 12.3. The Bertz CT molecular complexity index is 760. The van der Waals surface area contributed by atoms with Crippen LogP contribution in [0.15, 0.2) is 30.3 Å². The minimum Gasteiger partial charge on any atom is -0.480 e. The topological polar surface area (TPSA) is 104 Å². The van der Waals surface area contributed by atoms with E-state index in [1.165, 1.54) is 0 Å². The van der Waals surface area contributed by atoms with Gasteiger partial charge in [0.05, 0.1) is 11.3 Å². The summed E-state index contributed by atoms with van der Waals surface area (Å²) in [4.78, 5) is 23.7. The zero-order chi connectivity index (χ0) is 19.3. The number of aryl methyl sites for hydroxylation is 1. The summed E-state index contributed by atoms with van der Waals surface area (Å²) in [7, 11) is 0. The van der Waals surface area contributed by atoms with Crippen LogP contribution in [0.5, 0.6) is 0 Å². The van der Waals surface area contributed by atoms with E-state index >= 15 is 0 Å². The lowest BCUT2D eigenvalue weighted by atomic mass is 10.1. The van der Waals surface area contributed by atoms with Gasteiger partial charge in [0.25, 0.3) is 5.91 Å². The SMILES string of the molecule is Cc1ccc(-c2cc(C(=O)NC(CCOC(C)(C)C)C(=O)O)[nH]n2)cc1. The number of hydrogen-bond acceptors (Lipinski definition) is 4. The summed E-state index contributed by atoms with van der Waals surface area (Å²) >= 11 is 0. The number of ether oxygens (including phenoxy) is 1. The van der Waals surface area contributed by atoms with Crippen LogP contribution < -0.4 is 5.32 Å². The fraction of sp³-hybridized carbons (Fsp3) is 0.421. The van der Waals surface area contributed by atoms with Crippen LogP contribution >= 0.6 is 0 Å². The van der Waals surface area contributed by atoms with Gasteiger partial charge in [0.2, 0.25) is 0 Å². The standard InChI is InChI=1S/C19H25N3O4/c1-12-5-7-13(8-6-12)15-11-16(22-21-15)17(23)20-14(18(24)25)9-10-26-19(2,3)4/h5-8,11,14H,9-10H2,1-4H3,(H,20,23)(H,21,22)(H,24,25). The molecular weight excluding hydrogens is 334 g/mol. The zero-order valence-corrected chi connectivity index (χ0v) is 15.5. The highest BCUT2D eigenvalue weighted by Crippen LogP contribution is 2.18. The molecule has 1 unspecified atom stereocenters. The van der Waals surface area contributed by atoms with Crippen LogP contribution in [-0.2, 0) is 9.53 Å². The molecule has 1 heterocycles. The molecule has 1 atom stereocenters. The molecule has 2 rings (SSSR count). The normalized spacial score (nSPS) is 12.6. The second-order valence-corrected chi connectivity index (χ2v) is 7.15. The lowest BCUT2D eigenvalue weighted by Crippen LogP contribution is -2.42. The fourth-order valence-electron chi connectivity index (χ4n) is 2.29. The van der Waals surface area contributed by atoms with E-state index in [9.17, 15) is 14.7 Å². The monoisotopic (exact) mass is 359 g/mol. The van der Waals surface area contributed by atoms with Gasteiger partial charge in [-0.05, 0) is 33.8 Å². The van der Waals surface area contributed by atoms with Crippen molar-refractivity contribution >= 4 is 11.9 Å². The molecule has 0 fully saturated rings. The van der Waals surface area contributed by atoms with Gasteiger partial charge in [-0.3, -0.25) is 9.89 Å². The third-order valence-corrected chi connectivity index (χ3v) is 3.71. The Hall–Kier alpha value is -2.67. The number of carbonyl (C=O) groups excluding carboxylic acids is 1. The van der Waals surface area contributed by atoms with Crippen molar-refractivity contribution in [3.05, 3.63) is 41.6 Å². The molecule has 1 aromatic heterocycles. The highest BCUT2D eigenvalue weighted by molar-refractivity contribution is 5.95. The molecule has 0 aliphatic rings. The van der Waals surface area contributed by atoms with Gasteiger partial charge in [0.1, 0.15) is 11.7 Å². The molecule has 0 aliphatic heterocycles. The minimum atomic E-state index is -1.10. The Morgan fingerprint density at radius 2 is 1.92 bits per heavy atom. The van der Waals surface area contributed by atoms with Crippen molar-refractivity contribution in [1.82, 2.24) is 15.5 Å². The second-order valence-electron chi connectivity index (χ2n) is 7.15. The zero-order valence-electron chi connectivity index (χ0n) is 15.5. The molecule has 0 saturated heterocycles. The van der Waals surface area contributed by atoms with Gasteiger partial charge < -0.3 is 15.2 Å². The van der Waals surface area contributed by atoms with Crippen molar-refractivity contribution in [1.29, 1.82) is 0 Å². The average molecular weight is 359 g/mol. The lowest BCUT2D eigenvalue weighted by molar-refractivity contribution is -0.140. The maximum absolute atomic E-state index is 12.3. The molecule has 0 saturated carbocycles. The van der Waals surface area contributed by atoms with E-state index in [-0.39, 0.29) is 24.3 Å². The first kappa shape index (κ1) is 19.7. The Kier molecular flexibility index (Phi) is 6.15. The van der Waals surface area contributed by atoms with Crippen LogP contribution in [0.3, 0.4) is 0 Å². The molecule has 7 heteroatoms. The first-order valence-electron chi connectivity index (χ1n) is 8.46. The fourth-order valence-corrected chi connectivity index (χ4v) is 2.29. The Labute approximate surface area is 152 Å². The number of benzene rings is 1. The minimum absolute atomic E-state index is 0.178. The summed E-state index contributed by atoms with van der Waals surface area (Å²) in [6.45, 7) is 7.89. The number of rotatable bonds is 7. The number of H-pyrrole nitrogens is 1. The van der Waals surface area contributed by atoms with Gasteiger partial charge in [0, 0.05) is 18.6 Å². The van der Waals surface area contributed by atoms with E-state index < -0.39 is 17.9 Å². The average Bonchev–Trinajstić information content (AvgIpc) is 3.03. The number of carboxylic acids is 1. The molecule has 3 N–H and O–H groups in total. The first-order valence-corrected chi connectivity index (χ1v) is 8.46. The number of amides is 1. The van der Waals surface area contributed by atoms with Gasteiger partial charge in [-0.1, -0.05) is 29.8 Å². The van der Waals surface area contributed by atoms with Crippen LogP contribution in [-0.4, -0.2) is 45.4 Å². The van der Waals surface area contributed by atoms with E-state index in [1.807, 2.05) is 52.0 Å². The molecule has 0 spiro atoms. The maximum Gasteiger partial charge on any atom is 0.326 e. The van der Waals surface area contributed by atoms with E-state index in [0.29, 0.717) is 5.69 Å². The number of aliphatic carboxylic acids is 1. The second kappa shape index (κ2) is 8.14. The Morgan fingerprint density at radius 1 is 1.27 bits per heavy atom. The van der Waals surface area contributed by atoms with Crippen LogP contribution in [0, 0.1) is 6.92 Å². The van der Waals surface area contributed by atoms with E-state index in [0.717, 1.165) is 11.1 Å². The predicted molar refractivity (Wildman–Crippen MR) is 98.0 cm³/mol. The van der Waals surface area contributed by atoms with Crippen LogP contribution in [0.2, 0.25) is 0 Å². The van der Waals surface area contributed by atoms with Crippen molar-refractivity contribution in [2.75, 3.05) is 6.61 Å². The molecule has 0 bridgehead atoms. The number of nitrogens with one attached hydrogen (secondary N) is 2. The third kappa shape index (κ3) is 5.70. The molecule has 1 aromatic carbocycles. The number of carboxylic acid groups (broad SMARTS) is 1. The Morgan fingerprint density at radius 3 is 2.50 bits per heavy atom. The summed E-state index contributed by atoms with van der Waals surface area (Å²) in [6, 6.07) is 8.31. The molecule has 26 heavy (non-hydrogen) atoms. The highest BCUT2D eigenvalue weighted by atomic mass is 16.5. The smallest absolute Gasteiger partial charge is 0.326 e. The number of nitrogens with zero attached hydrogens (tertiary/aromatic N) is 1. The van der Waals surface area contributed by atoms with E-state index in [4.69, 9.17) is 4.74 Å². The molecule has 1 amide bonds. The largest absolute Gasteiger partial charge is 0.480 e. The molecule has 140 valence electrons. The van der Waals surface area contributed by atoms with Crippen molar-refractivity contribution in [2.24, 2.45) is 0 Å². The third-order valence-electron chi connectivity index (χ3n) is 3.71. The van der Waals surface area contributed by atoms with E-state index in [2.05, 4.69) is 15.5 Å². The van der Waals surface area contributed by atoms with Crippen molar-refractivity contribution < 1.29 is 19.4 Å².